The molecule has 0 aliphatic carbocycles. The highest BCUT2D eigenvalue weighted by molar-refractivity contribution is 6.05. The molecule has 3 aromatic carbocycles. The molecule has 0 radical (unpaired) electrons. The van der Waals surface area contributed by atoms with E-state index in [1.807, 2.05) is 43.3 Å². The number of aryl methyl sites for hydroxylation is 1. The molecule has 3 rings (SSSR count). The molecule has 0 bridgehead atoms. The maximum atomic E-state index is 12.3. The number of carbonyl (C=O) groups excluding carboxylic acids is 2. The SMILES string of the molecule is COc1ccc(/C=N/NC(=O)c2cccc(NC(=O)c3ccc(C)cc3)c2)cc1. The third-order valence-corrected chi connectivity index (χ3v) is 4.19. The molecule has 146 valence electrons. The first-order valence-electron chi connectivity index (χ1n) is 9.01. The molecular weight excluding hydrogens is 366 g/mol. The van der Waals surface area contributed by atoms with E-state index >= 15 is 0 Å². The number of methoxy groups -OCH3 is 1. The Labute approximate surface area is 169 Å². The first kappa shape index (κ1) is 19.8. The summed E-state index contributed by atoms with van der Waals surface area (Å²) in [7, 11) is 1.60. The molecule has 0 fully saturated rings. The van der Waals surface area contributed by atoms with Gasteiger partial charge in [-0.05, 0) is 67.1 Å². The Kier molecular flexibility index (Phi) is 6.37. The zero-order chi connectivity index (χ0) is 20.6. The molecule has 0 aromatic heterocycles. The molecule has 3 aromatic rings. The van der Waals surface area contributed by atoms with Crippen LogP contribution < -0.4 is 15.5 Å². The lowest BCUT2D eigenvalue weighted by molar-refractivity contribution is 0.0953. The fourth-order valence-electron chi connectivity index (χ4n) is 2.57. The van der Waals surface area contributed by atoms with Gasteiger partial charge in [-0.15, -0.1) is 0 Å². The molecule has 0 aliphatic heterocycles. The fourth-order valence-corrected chi connectivity index (χ4v) is 2.57. The summed E-state index contributed by atoms with van der Waals surface area (Å²) in [5.41, 5.74) is 5.85. The average molecular weight is 387 g/mol. The topological polar surface area (TPSA) is 79.8 Å². The van der Waals surface area contributed by atoms with Crippen LogP contribution in [0.25, 0.3) is 0 Å². The summed E-state index contributed by atoms with van der Waals surface area (Å²) in [6.07, 6.45) is 1.54. The number of anilines is 1. The van der Waals surface area contributed by atoms with Gasteiger partial charge in [-0.1, -0.05) is 23.8 Å². The van der Waals surface area contributed by atoms with Crippen LogP contribution in [0.5, 0.6) is 5.75 Å². The van der Waals surface area contributed by atoms with E-state index in [1.165, 1.54) is 0 Å². The maximum Gasteiger partial charge on any atom is 0.271 e. The van der Waals surface area contributed by atoms with Crippen molar-refractivity contribution in [1.29, 1.82) is 0 Å². The minimum atomic E-state index is -0.374. The minimum Gasteiger partial charge on any atom is -0.497 e. The van der Waals surface area contributed by atoms with E-state index in [0.29, 0.717) is 16.8 Å². The van der Waals surface area contributed by atoms with Crippen molar-refractivity contribution in [3.05, 3.63) is 95.1 Å². The van der Waals surface area contributed by atoms with Crippen molar-refractivity contribution in [3.63, 3.8) is 0 Å². The minimum absolute atomic E-state index is 0.236. The van der Waals surface area contributed by atoms with Crippen LogP contribution in [0.2, 0.25) is 0 Å². The van der Waals surface area contributed by atoms with Crippen molar-refractivity contribution < 1.29 is 14.3 Å². The number of amides is 2. The van der Waals surface area contributed by atoms with Gasteiger partial charge in [-0.3, -0.25) is 9.59 Å². The molecule has 6 nitrogen and oxygen atoms in total. The van der Waals surface area contributed by atoms with Gasteiger partial charge in [0.25, 0.3) is 11.8 Å². The van der Waals surface area contributed by atoms with Gasteiger partial charge in [0.05, 0.1) is 13.3 Å². The van der Waals surface area contributed by atoms with Crippen molar-refractivity contribution in [2.75, 3.05) is 12.4 Å². The van der Waals surface area contributed by atoms with Crippen molar-refractivity contribution in [1.82, 2.24) is 5.43 Å². The number of nitrogens with zero attached hydrogens (tertiary/aromatic N) is 1. The fraction of sp³-hybridized carbons (Fsp3) is 0.0870. The van der Waals surface area contributed by atoms with Crippen molar-refractivity contribution in [3.8, 4) is 5.75 Å². The number of hydrogen-bond acceptors (Lipinski definition) is 4. The molecule has 0 saturated heterocycles. The number of ether oxygens (including phenoxy) is 1. The van der Waals surface area contributed by atoms with E-state index in [4.69, 9.17) is 4.74 Å². The highest BCUT2D eigenvalue weighted by atomic mass is 16.5. The molecule has 0 saturated carbocycles. The van der Waals surface area contributed by atoms with Gasteiger partial charge in [-0.25, -0.2) is 5.43 Å². The number of rotatable bonds is 6. The molecule has 0 aliphatic rings. The molecule has 0 spiro atoms. The molecule has 6 heteroatoms. The molecule has 0 heterocycles. The largest absolute Gasteiger partial charge is 0.497 e. The van der Waals surface area contributed by atoms with Crippen molar-refractivity contribution in [2.24, 2.45) is 5.10 Å². The first-order chi connectivity index (χ1) is 14.0. The molecule has 0 unspecified atom stereocenters. The highest BCUT2D eigenvalue weighted by Gasteiger charge is 2.09. The number of hydrogen-bond donors (Lipinski definition) is 2. The number of nitrogens with one attached hydrogen (secondary N) is 2. The lowest BCUT2D eigenvalue weighted by atomic mass is 10.1. The van der Waals surface area contributed by atoms with E-state index < -0.39 is 0 Å². The summed E-state index contributed by atoms with van der Waals surface area (Å²) in [4.78, 5) is 24.7. The lowest BCUT2D eigenvalue weighted by Gasteiger charge is -2.07. The molecule has 29 heavy (non-hydrogen) atoms. The van der Waals surface area contributed by atoms with Gasteiger partial charge in [0.1, 0.15) is 5.75 Å². The van der Waals surface area contributed by atoms with Gasteiger partial charge in [-0.2, -0.15) is 5.10 Å². The number of carbonyl (C=O) groups is 2. The van der Waals surface area contributed by atoms with Gasteiger partial charge in [0, 0.05) is 16.8 Å². The molecule has 2 amide bonds. The number of hydrazone groups is 1. The van der Waals surface area contributed by atoms with Gasteiger partial charge in [0.15, 0.2) is 0 Å². The van der Waals surface area contributed by atoms with Crippen molar-refractivity contribution in [2.45, 2.75) is 6.92 Å². The summed E-state index contributed by atoms with van der Waals surface area (Å²) in [5, 5.41) is 6.76. The third-order valence-electron chi connectivity index (χ3n) is 4.19. The van der Waals surface area contributed by atoms with E-state index in [0.717, 1.165) is 16.9 Å². The Morgan fingerprint density at radius 2 is 1.62 bits per heavy atom. The van der Waals surface area contributed by atoms with E-state index in [1.54, 1.807) is 49.7 Å². The molecule has 0 atom stereocenters. The summed E-state index contributed by atoms with van der Waals surface area (Å²) in [5.74, 6) is 0.136. The Bertz CT molecular complexity index is 1030. The maximum absolute atomic E-state index is 12.3. The molecule has 2 N–H and O–H groups in total. The van der Waals surface area contributed by atoms with Crippen LogP contribution in [0.15, 0.2) is 77.9 Å². The van der Waals surface area contributed by atoms with Crippen LogP contribution in [-0.2, 0) is 0 Å². The standard InChI is InChI=1S/C23H21N3O3/c1-16-6-10-18(11-7-16)22(27)25-20-5-3-4-19(14-20)23(28)26-24-15-17-8-12-21(29-2)13-9-17/h3-15H,1-2H3,(H,25,27)(H,26,28)/b24-15+. The predicted molar refractivity (Wildman–Crippen MR) is 114 cm³/mol. The summed E-state index contributed by atoms with van der Waals surface area (Å²) >= 11 is 0. The third kappa shape index (κ3) is 5.52. The smallest absolute Gasteiger partial charge is 0.271 e. The Hall–Kier alpha value is -3.93. The van der Waals surface area contributed by atoms with Gasteiger partial charge >= 0.3 is 0 Å². The summed E-state index contributed by atoms with van der Waals surface area (Å²) in [6, 6.07) is 21.2. The highest BCUT2D eigenvalue weighted by Crippen LogP contribution is 2.13. The second-order valence-corrected chi connectivity index (χ2v) is 6.37. The van der Waals surface area contributed by atoms with Crippen LogP contribution in [0.3, 0.4) is 0 Å². The van der Waals surface area contributed by atoms with Gasteiger partial charge < -0.3 is 10.1 Å². The van der Waals surface area contributed by atoms with E-state index in [2.05, 4.69) is 15.8 Å². The van der Waals surface area contributed by atoms with Gasteiger partial charge in [0.2, 0.25) is 0 Å². The average Bonchev–Trinajstić information content (AvgIpc) is 2.75. The Morgan fingerprint density at radius 3 is 2.31 bits per heavy atom. The summed E-state index contributed by atoms with van der Waals surface area (Å²) in [6.45, 7) is 1.96. The normalized spacial score (nSPS) is 10.6. The quantitative estimate of drug-likeness (QED) is 0.495. The molecular formula is C23H21N3O3. The Morgan fingerprint density at radius 1 is 0.897 bits per heavy atom. The van der Waals surface area contributed by atoms with E-state index in [-0.39, 0.29) is 11.8 Å². The van der Waals surface area contributed by atoms with Crippen LogP contribution in [0, 0.1) is 6.92 Å². The predicted octanol–water partition coefficient (Wildman–Crippen LogP) is 4.02. The zero-order valence-corrected chi connectivity index (χ0v) is 16.2. The summed E-state index contributed by atoms with van der Waals surface area (Å²) < 4.78 is 5.10. The lowest BCUT2D eigenvalue weighted by Crippen LogP contribution is -2.18. The van der Waals surface area contributed by atoms with Crippen LogP contribution in [0.4, 0.5) is 5.69 Å². The monoisotopic (exact) mass is 387 g/mol. The first-order valence-corrected chi connectivity index (χ1v) is 9.01. The van der Waals surface area contributed by atoms with Crippen LogP contribution in [0.1, 0.15) is 31.8 Å². The van der Waals surface area contributed by atoms with Crippen LogP contribution >= 0.6 is 0 Å². The van der Waals surface area contributed by atoms with Crippen LogP contribution in [-0.4, -0.2) is 25.1 Å². The zero-order valence-electron chi connectivity index (χ0n) is 16.2. The van der Waals surface area contributed by atoms with Crippen molar-refractivity contribution >= 4 is 23.7 Å². The number of benzene rings is 3. The second-order valence-electron chi connectivity index (χ2n) is 6.37. The second kappa shape index (κ2) is 9.32. The Balaban J connectivity index is 1.61. The van der Waals surface area contributed by atoms with E-state index in [9.17, 15) is 9.59 Å².